The van der Waals surface area contributed by atoms with E-state index in [4.69, 9.17) is 19.7 Å². The van der Waals surface area contributed by atoms with Crippen LogP contribution < -0.4 is 0 Å². The molecule has 2 fully saturated rings. The molecule has 216 valence electrons. The summed E-state index contributed by atoms with van der Waals surface area (Å²) < 4.78 is 35.3. The Morgan fingerprint density at radius 1 is 1.02 bits per heavy atom. The van der Waals surface area contributed by atoms with Crippen molar-refractivity contribution in [1.29, 1.82) is 0 Å². The van der Waals surface area contributed by atoms with Gasteiger partial charge in [-0.2, -0.15) is 0 Å². The number of hydrogen-bond acceptors (Lipinski definition) is 7. The SMILES string of the molecule is O=C(O)c1ccc2nc(CN3CCC(C4N=Cc5ccc(Cc6ccc(F)cc6F)nc54)CC3)n(C[C@@H]3CCO3)c2n1. The number of pyridine rings is 2. The molecule has 9 nitrogen and oxygen atoms in total. The number of carboxylic acid groups (broad SMARTS) is 1. The average molecular weight is 573 g/mol. The summed E-state index contributed by atoms with van der Waals surface area (Å²) in [4.78, 5) is 32.8. The highest BCUT2D eigenvalue weighted by Gasteiger charge is 2.33. The summed E-state index contributed by atoms with van der Waals surface area (Å²) in [5.41, 5.74) is 4.33. The van der Waals surface area contributed by atoms with E-state index in [1.54, 1.807) is 6.07 Å². The lowest BCUT2D eigenvalue weighted by atomic mass is 9.87. The van der Waals surface area contributed by atoms with Gasteiger partial charge in [0.05, 0.1) is 30.9 Å². The zero-order chi connectivity index (χ0) is 28.8. The van der Waals surface area contributed by atoms with Gasteiger partial charge in [-0.05, 0) is 74.2 Å². The number of carbonyl (C=O) groups is 1. The molecule has 0 saturated carbocycles. The van der Waals surface area contributed by atoms with E-state index in [0.29, 0.717) is 42.2 Å². The summed E-state index contributed by atoms with van der Waals surface area (Å²) in [5, 5.41) is 9.45. The van der Waals surface area contributed by atoms with Crippen LogP contribution in [0, 0.1) is 17.6 Å². The molecule has 3 aliphatic heterocycles. The van der Waals surface area contributed by atoms with E-state index in [1.165, 1.54) is 18.2 Å². The number of benzene rings is 1. The van der Waals surface area contributed by atoms with Crippen LogP contribution >= 0.6 is 0 Å². The molecule has 0 bridgehead atoms. The Morgan fingerprint density at radius 2 is 1.86 bits per heavy atom. The van der Waals surface area contributed by atoms with Crippen LogP contribution in [0.2, 0.25) is 0 Å². The maximum atomic E-state index is 14.3. The van der Waals surface area contributed by atoms with Crippen molar-refractivity contribution in [1.82, 2.24) is 24.4 Å². The van der Waals surface area contributed by atoms with Crippen molar-refractivity contribution in [3.8, 4) is 0 Å². The molecule has 3 aromatic heterocycles. The smallest absolute Gasteiger partial charge is 0.354 e. The molecule has 3 aliphatic rings. The lowest BCUT2D eigenvalue weighted by Crippen LogP contribution is -2.36. The van der Waals surface area contributed by atoms with E-state index in [9.17, 15) is 18.7 Å². The topological polar surface area (TPSA) is 106 Å². The van der Waals surface area contributed by atoms with Gasteiger partial charge in [-0.1, -0.05) is 6.07 Å². The van der Waals surface area contributed by atoms with Crippen LogP contribution in [0.4, 0.5) is 8.78 Å². The van der Waals surface area contributed by atoms with Gasteiger partial charge in [-0.25, -0.2) is 23.5 Å². The van der Waals surface area contributed by atoms with Crippen molar-refractivity contribution in [3.63, 3.8) is 0 Å². The average Bonchev–Trinajstić information content (AvgIpc) is 3.53. The number of aromatic nitrogens is 4. The molecule has 7 rings (SSSR count). The summed E-state index contributed by atoms with van der Waals surface area (Å²) >= 11 is 0. The molecular weight excluding hydrogens is 542 g/mol. The predicted molar refractivity (Wildman–Crippen MR) is 151 cm³/mol. The maximum absolute atomic E-state index is 14.3. The van der Waals surface area contributed by atoms with Gasteiger partial charge in [0.15, 0.2) is 11.3 Å². The number of imidazole rings is 1. The van der Waals surface area contributed by atoms with Crippen molar-refractivity contribution in [2.24, 2.45) is 10.9 Å². The first-order chi connectivity index (χ1) is 20.4. The zero-order valence-electron chi connectivity index (χ0n) is 22.9. The lowest BCUT2D eigenvalue weighted by molar-refractivity contribution is -0.0593. The molecule has 1 aromatic carbocycles. The van der Waals surface area contributed by atoms with Crippen LogP contribution in [0.1, 0.15) is 64.1 Å². The maximum Gasteiger partial charge on any atom is 0.354 e. The lowest BCUT2D eigenvalue weighted by Gasteiger charge is -2.34. The van der Waals surface area contributed by atoms with Crippen LogP contribution in [0.3, 0.4) is 0 Å². The molecule has 1 N–H and O–H groups in total. The number of halogens is 2. The van der Waals surface area contributed by atoms with Gasteiger partial charge in [-0.3, -0.25) is 14.9 Å². The summed E-state index contributed by atoms with van der Waals surface area (Å²) in [6.07, 6.45) is 5.09. The highest BCUT2D eigenvalue weighted by Crippen LogP contribution is 2.38. The van der Waals surface area contributed by atoms with Crippen molar-refractivity contribution >= 4 is 23.3 Å². The summed E-state index contributed by atoms with van der Waals surface area (Å²) in [7, 11) is 0. The summed E-state index contributed by atoms with van der Waals surface area (Å²) in [6.45, 7) is 3.70. The Morgan fingerprint density at radius 3 is 2.60 bits per heavy atom. The normalized spacial score (nSPS) is 20.6. The van der Waals surface area contributed by atoms with Crippen molar-refractivity contribution < 1.29 is 23.4 Å². The summed E-state index contributed by atoms with van der Waals surface area (Å²) in [5.74, 6) is -1.03. The number of hydrogen-bond donors (Lipinski definition) is 1. The quantitative estimate of drug-likeness (QED) is 0.330. The summed E-state index contributed by atoms with van der Waals surface area (Å²) in [6, 6.07) is 10.7. The fourth-order valence-electron chi connectivity index (χ4n) is 6.15. The first-order valence-corrected chi connectivity index (χ1v) is 14.3. The van der Waals surface area contributed by atoms with Gasteiger partial charge in [0, 0.05) is 36.6 Å². The fourth-order valence-corrected chi connectivity index (χ4v) is 6.15. The van der Waals surface area contributed by atoms with Crippen LogP contribution in [-0.2, 0) is 24.2 Å². The Labute approximate surface area is 240 Å². The third-order valence-electron chi connectivity index (χ3n) is 8.57. The highest BCUT2D eigenvalue weighted by molar-refractivity contribution is 5.88. The number of likely N-dealkylation sites (tertiary alicyclic amines) is 1. The number of piperidine rings is 1. The van der Waals surface area contributed by atoms with Gasteiger partial charge < -0.3 is 14.4 Å². The minimum Gasteiger partial charge on any atom is -0.477 e. The highest BCUT2D eigenvalue weighted by atomic mass is 19.1. The van der Waals surface area contributed by atoms with E-state index in [-0.39, 0.29) is 17.8 Å². The molecule has 4 aromatic rings. The number of aliphatic imine (C=N–C) groups is 1. The number of fused-ring (bicyclic) bond motifs is 2. The van der Waals surface area contributed by atoms with Gasteiger partial charge >= 0.3 is 5.97 Å². The van der Waals surface area contributed by atoms with E-state index in [0.717, 1.165) is 67.8 Å². The largest absolute Gasteiger partial charge is 0.477 e. The monoisotopic (exact) mass is 572 g/mol. The molecule has 0 aliphatic carbocycles. The van der Waals surface area contributed by atoms with Gasteiger partial charge in [0.25, 0.3) is 0 Å². The van der Waals surface area contributed by atoms with E-state index in [1.807, 2.05) is 22.9 Å². The van der Waals surface area contributed by atoms with Crippen molar-refractivity contribution in [2.45, 2.75) is 50.9 Å². The number of carboxylic acids is 1. The van der Waals surface area contributed by atoms with Crippen LogP contribution in [0.5, 0.6) is 0 Å². The van der Waals surface area contributed by atoms with Gasteiger partial charge in [-0.15, -0.1) is 0 Å². The Balaban J connectivity index is 1.04. The second-order valence-electron chi connectivity index (χ2n) is 11.3. The van der Waals surface area contributed by atoms with Crippen molar-refractivity contribution in [3.05, 3.63) is 88.1 Å². The standard InChI is InChI=1S/C31H30F2N6O3/c32-21-3-1-19(24(33)14-21)13-22-4-2-20-15-34-28(29(20)35-22)18-7-10-38(11-8-18)17-27-36-25-5-6-26(31(40)41)37-30(25)39(27)16-23-9-12-42-23/h1-6,14-15,18,23,28H,7-13,16-17H2,(H,40,41)/t23-,28?/m0/s1. The molecule has 6 heterocycles. The van der Waals surface area contributed by atoms with Gasteiger partial charge in [0.1, 0.15) is 23.0 Å². The number of aromatic carboxylic acids is 1. The zero-order valence-corrected chi connectivity index (χ0v) is 22.9. The van der Waals surface area contributed by atoms with E-state index >= 15 is 0 Å². The van der Waals surface area contributed by atoms with Crippen LogP contribution in [-0.4, -0.2) is 67.5 Å². The second kappa shape index (κ2) is 11.0. The van der Waals surface area contributed by atoms with E-state index < -0.39 is 17.6 Å². The minimum absolute atomic E-state index is 0.00232. The molecule has 0 amide bonds. The molecule has 2 atom stereocenters. The fraction of sp³-hybridized carbons (Fsp3) is 0.387. The molecular formula is C31H30F2N6O3. The van der Waals surface area contributed by atoms with Gasteiger partial charge in [0.2, 0.25) is 0 Å². The molecule has 0 radical (unpaired) electrons. The molecule has 0 spiro atoms. The number of rotatable bonds is 8. The third kappa shape index (κ3) is 5.18. The Hall–Kier alpha value is -4.09. The molecule has 11 heteroatoms. The second-order valence-corrected chi connectivity index (χ2v) is 11.3. The third-order valence-corrected chi connectivity index (χ3v) is 8.57. The number of nitrogens with zero attached hydrogens (tertiary/aromatic N) is 6. The molecule has 42 heavy (non-hydrogen) atoms. The first kappa shape index (κ1) is 26.8. The van der Waals surface area contributed by atoms with Crippen LogP contribution in [0.25, 0.3) is 11.2 Å². The molecule has 2 saturated heterocycles. The van der Waals surface area contributed by atoms with Crippen LogP contribution in [0.15, 0.2) is 47.5 Å². The first-order valence-electron chi connectivity index (χ1n) is 14.3. The van der Waals surface area contributed by atoms with Crippen molar-refractivity contribution in [2.75, 3.05) is 19.7 Å². The Kier molecular flexibility index (Phi) is 6.99. The predicted octanol–water partition coefficient (Wildman–Crippen LogP) is 4.57. The minimum atomic E-state index is -1.06. The Bertz CT molecular complexity index is 1690. The number of ether oxygens (including phenoxy) is 1. The van der Waals surface area contributed by atoms with E-state index in [2.05, 4.69) is 9.88 Å². The molecule has 1 unspecified atom stereocenters.